The molecule has 28 heavy (non-hydrogen) atoms. The van der Waals surface area contributed by atoms with E-state index >= 15 is 0 Å². The van der Waals surface area contributed by atoms with Crippen molar-refractivity contribution >= 4 is 23.4 Å². The van der Waals surface area contributed by atoms with E-state index in [-0.39, 0.29) is 42.0 Å². The van der Waals surface area contributed by atoms with Crippen molar-refractivity contribution in [1.29, 1.82) is 0 Å². The van der Waals surface area contributed by atoms with E-state index in [0.717, 1.165) is 11.3 Å². The highest BCUT2D eigenvalue weighted by atomic mass is 16.5. The van der Waals surface area contributed by atoms with Crippen LogP contribution in [0.15, 0.2) is 30.4 Å². The number of carbonyl (C=O) groups is 3. The minimum atomic E-state index is -0.422. The first-order valence-electron chi connectivity index (χ1n) is 9.59. The molecule has 1 aromatic carbocycles. The minimum Gasteiger partial charge on any atom is -0.497 e. The molecule has 7 heteroatoms. The number of amides is 3. The molecular weight excluding hydrogens is 360 g/mol. The Morgan fingerprint density at radius 3 is 2.29 bits per heavy atom. The number of likely N-dealkylation sites (tertiary alicyclic amines) is 1. The fourth-order valence-electron chi connectivity index (χ4n) is 5.41. The summed E-state index contributed by atoms with van der Waals surface area (Å²) < 4.78 is 10.4. The number of rotatable bonds is 5. The predicted octanol–water partition coefficient (Wildman–Crippen LogP) is 1.70. The number of imide groups is 1. The Labute approximate surface area is 162 Å². The number of nitrogens with zero attached hydrogens (tertiary/aromatic N) is 1. The van der Waals surface area contributed by atoms with E-state index in [0.29, 0.717) is 29.0 Å². The van der Waals surface area contributed by atoms with Gasteiger partial charge in [-0.2, -0.15) is 0 Å². The molecule has 7 nitrogen and oxygen atoms in total. The van der Waals surface area contributed by atoms with Crippen LogP contribution < -0.4 is 14.8 Å². The lowest BCUT2D eigenvalue weighted by atomic mass is 9.63. The molecule has 6 rings (SSSR count). The van der Waals surface area contributed by atoms with Crippen molar-refractivity contribution in [3.05, 3.63) is 30.4 Å². The molecule has 1 heterocycles. The van der Waals surface area contributed by atoms with Gasteiger partial charge in [-0.3, -0.25) is 19.3 Å². The monoisotopic (exact) mass is 382 g/mol. The molecule has 1 aromatic rings. The number of carbonyl (C=O) groups excluding carboxylic acids is 3. The topological polar surface area (TPSA) is 84.9 Å². The number of ether oxygens (including phenoxy) is 2. The highest BCUT2D eigenvalue weighted by Gasteiger charge is 2.67. The van der Waals surface area contributed by atoms with Crippen molar-refractivity contribution in [2.24, 2.45) is 35.5 Å². The summed E-state index contributed by atoms with van der Waals surface area (Å²) in [6.07, 6.45) is 5.36. The highest BCUT2D eigenvalue weighted by molar-refractivity contribution is 6.09. The summed E-state index contributed by atoms with van der Waals surface area (Å²) in [5, 5.41) is 2.74. The SMILES string of the molecule is COc1ccc(NC(=O)CN2C(=O)[C@@H]3[C@@H]4C=C[C@H]([C@H]5C[C@H]45)[C@H]3C2=O)c(OC)c1. The Hall–Kier alpha value is -2.83. The first-order valence-corrected chi connectivity index (χ1v) is 9.59. The largest absolute Gasteiger partial charge is 0.497 e. The lowest BCUT2D eigenvalue weighted by Gasteiger charge is -2.37. The van der Waals surface area contributed by atoms with E-state index in [4.69, 9.17) is 9.47 Å². The van der Waals surface area contributed by atoms with Crippen molar-refractivity contribution < 1.29 is 23.9 Å². The summed E-state index contributed by atoms with van der Waals surface area (Å²) in [7, 11) is 3.04. The second-order valence-corrected chi connectivity index (χ2v) is 8.03. The van der Waals surface area contributed by atoms with Crippen LogP contribution in [0.1, 0.15) is 6.42 Å². The molecule has 2 bridgehead atoms. The summed E-state index contributed by atoms with van der Waals surface area (Å²) in [6.45, 7) is -0.269. The number of hydrogen-bond donors (Lipinski definition) is 1. The van der Waals surface area contributed by atoms with E-state index in [1.54, 1.807) is 25.3 Å². The van der Waals surface area contributed by atoms with Gasteiger partial charge in [0.25, 0.3) is 0 Å². The van der Waals surface area contributed by atoms with E-state index in [9.17, 15) is 14.4 Å². The average Bonchev–Trinajstić information content (AvgIpc) is 3.49. The standard InChI is InChI=1S/C21H22N2O5/c1-27-10-3-6-15(16(7-10)28-2)22-17(24)9-23-20(25)18-11-4-5-12(14-8-13(11)14)19(18)21(23)26/h3-7,11-14,18-19H,8-9H2,1-2H3,(H,22,24)/t11-,12-,13-,14-,18-,19-/m1/s1. The summed E-state index contributed by atoms with van der Waals surface area (Å²) in [6, 6.07) is 5.03. The normalized spacial score (nSPS) is 34.1. The molecular formula is C21H22N2O5. The molecule has 1 N–H and O–H groups in total. The van der Waals surface area contributed by atoms with Gasteiger partial charge in [-0.05, 0) is 42.2 Å². The molecule has 0 spiro atoms. The van der Waals surface area contributed by atoms with Gasteiger partial charge in [-0.1, -0.05) is 12.2 Å². The Kier molecular flexibility index (Phi) is 3.76. The van der Waals surface area contributed by atoms with Crippen LogP contribution in [0.5, 0.6) is 11.5 Å². The van der Waals surface area contributed by atoms with Crippen LogP contribution in [0.4, 0.5) is 5.69 Å². The van der Waals surface area contributed by atoms with Crippen LogP contribution in [0.2, 0.25) is 0 Å². The van der Waals surface area contributed by atoms with Crippen LogP contribution in [0.25, 0.3) is 0 Å². The Bertz CT molecular complexity index is 874. The zero-order valence-corrected chi connectivity index (χ0v) is 15.8. The fourth-order valence-corrected chi connectivity index (χ4v) is 5.41. The first kappa shape index (κ1) is 17.3. The molecule has 1 saturated heterocycles. The number of allylic oxidation sites excluding steroid dienone is 2. The summed E-state index contributed by atoms with van der Waals surface area (Å²) in [5.74, 6) is 1.08. The van der Waals surface area contributed by atoms with E-state index in [1.807, 2.05) is 0 Å². The third-order valence-electron chi connectivity index (χ3n) is 6.74. The Morgan fingerprint density at radius 1 is 1.07 bits per heavy atom. The molecule has 6 atom stereocenters. The first-order chi connectivity index (χ1) is 13.5. The van der Waals surface area contributed by atoms with Gasteiger partial charge >= 0.3 is 0 Å². The Morgan fingerprint density at radius 2 is 1.71 bits per heavy atom. The maximum Gasteiger partial charge on any atom is 0.244 e. The summed E-state index contributed by atoms with van der Waals surface area (Å²) >= 11 is 0. The fraction of sp³-hybridized carbons (Fsp3) is 0.476. The van der Waals surface area contributed by atoms with E-state index < -0.39 is 5.91 Å². The minimum absolute atomic E-state index is 0.159. The molecule has 0 radical (unpaired) electrons. The third-order valence-corrected chi connectivity index (χ3v) is 6.74. The second kappa shape index (κ2) is 6.09. The molecule has 2 saturated carbocycles. The Balaban J connectivity index is 1.31. The molecule has 3 amide bonds. The van der Waals surface area contributed by atoms with Crippen LogP contribution in [0, 0.1) is 35.5 Å². The zero-order valence-electron chi connectivity index (χ0n) is 15.8. The van der Waals surface area contributed by atoms with Gasteiger partial charge in [0.1, 0.15) is 18.0 Å². The number of methoxy groups -OCH3 is 2. The van der Waals surface area contributed by atoms with Gasteiger partial charge in [0, 0.05) is 6.07 Å². The summed E-state index contributed by atoms with van der Waals surface area (Å²) in [5.41, 5.74) is 0.466. The number of anilines is 1. The van der Waals surface area contributed by atoms with Crippen molar-refractivity contribution in [2.45, 2.75) is 6.42 Å². The number of hydrogen-bond acceptors (Lipinski definition) is 5. The van der Waals surface area contributed by atoms with Gasteiger partial charge in [0.2, 0.25) is 17.7 Å². The van der Waals surface area contributed by atoms with Crippen LogP contribution in [-0.2, 0) is 14.4 Å². The number of benzene rings is 1. The molecule has 0 unspecified atom stereocenters. The van der Waals surface area contributed by atoms with Gasteiger partial charge in [0.05, 0.1) is 31.7 Å². The molecule has 0 aromatic heterocycles. The van der Waals surface area contributed by atoms with Crippen LogP contribution in [0.3, 0.4) is 0 Å². The summed E-state index contributed by atoms with van der Waals surface area (Å²) in [4.78, 5) is 39.6. The lowest BCUT2D eigenvalue weighted by Crippen LogP contribution is -2.40. The van der Waals surface area contributed by atoms with Gasteiger partial charge in [0.15, 0.2) is 0 Å². The van der Waals surface area contributed by atoms with E-state index in [2.05, 4.69) is 17.5 Å². The van der Waals surface area contributed by atoms with Crippen molar-refractivity contribution in [2.75, 3.05) is 26.1 Å². The highest BCUT2D eigenvalue weighted by Crippen LogP contribution is 2.65. The van der Waals surface area contributed by atoms with Crippen molar-refractivity contribution in [3.8, 4) is 11.5 Å². The average molecular weight is 382 g/mol. The number of nitrogens with one attached hydrogen (secondary N) is 1. The van der Waals surface area contributed by atoms with Crippen LogP contribution >= 0.6 is 0 Å². The van der Waals surface area contributed by atoms with Gasteiger partial charge < -0.3 is 14.8 Å². The zero-order chi connectivity index (χ0) is 19.6. The molecule has 146 valence electrons. The molecule has 4 aliphatic carbocycles. The molecule has 3 fully saturated rings. The van der Waals surface area contributed by atoms with Gasteiger partial charge in [-0.15, -0.1) is 0 Å². The van der Waals surface area contributed by atoms with Crippen molar-refractivity contribution in [3.63, 3.8) is 0 Å². The predicted molar refractivity (Wildman–Crippen MR) is 99.6 cm³/mol. The second-order valence-electron chi connectivity index (χ2n) is 8.03. The maximum atomic E-state index is 12.9. The quantitative estimate of drug-likeness (QED) is 0.619. The maximum absolute atomic E-state index is 12.9. The van der Waals surface area contributed by atoms with Crippen LogP contribution in [-0.4, -0.2) is 43.4 Å². The third kappa shape index (κ3) is 2.38. The smallest absolute Gasteiger partial charge is 0.244 e. The molecule has 1 aliphatic heterocycles. The van der Waals surface area contributed by atoms with E-state index in [1.165, 1.54) is 7.11 Å². The lowest BCUT2D eigenvalue weighted by molar-refractivity contribution is -0.142. The molecule has 5 aliphatic rings. The van der Waals surface area contributed by atoms with Gasteiger partial charge in [-0.25, -0.2) is 0 Å². The van der Waals surface area contributed by atoms with Crippen molar-refractivity contribution in [1.82, 2.24) is 4.90 Å².